The summed E-state index contributed by atoms with van der Waals surface area (Å²) in [5, 5.41) is 24.8. The van der Waals surface area contributed by atoms with E-state index in [-0.39, 0.29) is 16.1 Å². The fourth-order valence-corrected chi connectivity index (χ4v) is 4.49. The first kappa shape index (κ1) is 19.4. The minimum absolute atomic E-state index is 0.246. The summed E-state index contributed by atoms with van der Waals surface area (Å²) in [4.78, 5) is 46.0. The number of rotatable bonds is 5. The van der Waals surface area contributed by atoms with Crippen LogP contribution in [0.25, 0.3) is 0 Å². The number of primary amides is 1. The van der Waals surface area contributed by atoms with Crippen molar-refractivity contribution < 1.29 is 19.4 Å². The van der Waals surface area contributed by atoms with Crippen LogP contribution in [0.15, 0.2) is 18.2 Å². The highest BCUT2D eigenvalue weighted by Gasteiger charge is 2.26. The molecule has 3 rings (SSSR count). The molecule has 0 spiro atoms. The van der Waals surface area contributed by atoms with E-state index in [0.717, 1.165) is 54.3 Å². The molecule has 0 saturated heterocycles. The number of carbonyl (C=O) groups is 2. The fourth-order valence-electron chi connectivity index (χ4n) is 3.20. The van der Waals surface area contributed by atoms with Gasteiger partial charge in [-0.3, -0.25) is 29.8 Å². The molecule has 1 aliphatic rings. The summed E-state index contributed by atoms with van der Waals surface area (Å²) in [5.41, 5.74) is 5.19. The maximum absolute atomic E-state index is 12.6. The Morgan fingerprint density at radius 2 is 1.61 bits per heavy atom. The third-order valence-electron chi connectivity index (χ3n) is 4.48. The van der Waals surface area contributed by atoms with Gasteiger partial charge in [0.25, 0.3) is 23.2 Å². The second-order valence-corrected chi connectivity index (χ2v) is 7.44. The lowest BCUT2D eigenvalue weighted by molar-refractivity contribution is -0.394. The molecule has 0 unspecified atom stereocenters. The Morgan fingerprint density at radius 1 is 1.00 bits per heavy atom. The van der Waals surface area contributed by atoms with Crippen molar-refractivity contribution in [3.8, 4) is 0 Å². The van der Waals surface area contributed by atoms with Crippen molar-refractivity contribution in [3.05, 3.63) is 60.0 Å². The van der Waals surface area contributed by atoms with Crippen LogP contribution >= 0.6 is 11.3 Å². The van der Waals surface area contributed by atoms with Crippen molar-refractivity contribution in [1.82, 2.24) is 0 Å². The molecule has 28 heavy (non-hydrogen) atoms. The molecule has 0 saturated carbocycles. The zero-order valence-electron chi connectivity index (χ0n) is 14.6. The van der Waals surface area contributed by atoms with Gasteiger partial charge in [-0.05, 0) is 31.2 Å². The topological polar surface area (TPSA) is 158 Å². The lowest BCUT2D eigenvalue weighted by Crippen LogP contribution is -2.18. The molecular weight excluding hydrogens is 388 g/mol. The molecule has 1 heterocycles. The molecular formula is C17H16N4O6S. The monoisotopic (exact) mass is 404 g/mol. The van der Waals surface area contributed by atoms with E-state index in [4.69, 9.17) is 5.73 Å². The van der Waals surface area contributed by atoms with Crippen LogP contribution in [-0.4, -0.2) is 21.7 Å². The Morgan fingerprint density at radius 3 is 2.18 bits per heavy atom. The number of nitrogens with zero attached hydrogens (tertiary/aromatic N) is 2. The number of nitrogens with two attached hydrogens (primary N) is 1. The number of carbonyl (C=O) groups excluding carboxylic acids is 2. The van der Waals surface area contributed by atoms with Crippen LogP contribution < -0.4 is 11.1 Å². The Labute approximate surface area is 162 Å². The summed E-state index contributed by atoms with van der Waals surface area (Å²) in [6, 6.07) is 2.68. The van der Waals surface area contributed by atoms with Crippen LogP contribution in [0.5, 0.6) is 0 Å². The number of benzene rings is 1. The number of nitro benzene ring substituents is 2. The summed E-state index contributed by atoms with van der Waals surface area (Å²) in [6.07, 6.45) is 4.38. The SMILES string of the molecule is NC(=O)c1c(NC(=O)c2cc([N+](=O)[O-])cc([N+](=O)[O-])c2)sc2c1CCCCC2. The van der Waals surface area contributed by atoms with E-state index in [0.29, 0.717) is 6.42 Å². The van der Waals surface area contributed by atoms with Crippen LogP contribution in [-0.2, 0) is 12.8 Å². The van der Waals surface area contributed by atoms with Crippen molar-refractivity contribution in [1.29, 1.82) is 0 Å². The highest BCUT2D eigenvalue weighted by Crippen LogP contribution is 2.37. The van der Waals surface area contributed by atoms with Crippen LogP contribution in [0, 0.1) is 20.2 Å². The first-order valence-electron chi connectivity index (χ1n) is 8.47. The summed E-state index contributed by atoms with van der Waals surface area (Å²) >= 11 is 1.25. The summed E-state index contributed by atoms with van der Waals surface area (Å²) in [7, 11) is 0. The Kier molecular flexibility index (Phi) is 5.36. The van der Waals surface area contributed by atoms with Gasteiger partial charge in [0.2, 0.25) is 0 Å². The molecule has 3 N–H and O–H groups in total. The molecule has 1 aromatic carbocycles. The number of hydrogen-bond donors (Lipinski definition) is 2. The molecule has 0 atom stereocenters. The fraction of sp³-hybridized carbons (Fsp3) is 0.294. The van der Waals surface area contributed by atoms with Crippen LogP contribution in [0.4, 0.5) is 16.4 Å². The van der Waals surface area contributed by atoms with E-state index in [9.17, 15) is 29.8 Å². The molecule has 10 nitrogen and oxygen atoms in total. The second kappa shape index (κ2) is 7.72. The van der Waals surface area contributed by atoms with Crippen molar-refractivity contribution in [2.24, 2.45) is 5.73 Å². The van der Waals surface area contributed by atoms with Crippen molar-refractivity contribution in [2.75, 3.05) is 5.32 Å². The molecule has 1 aliphatic carbocycles. The molecule has 11 heteroatoms. The van der Waals surface area contributed by atoms with Crippen molar-refractivity contribution in [3.63, 3.8) is 0 Å². The quantitative estimate of drug-likeness (QED) is 0.442. The predicted molar refractivity (Wildman–Crippen MR) is 102 cm³/mol. The lowest BCUT2D eigenvalue weighted by atomic mass is 10.0. The maximum Gasteiger partial charge on any atom is 0.277 e. The maximum atomic E-state index is 12.6. The average Bonchev–Trinajstić information content (AvgIpc) is 2.82. The number of fused-ring (bicyclic) bond motifs is 1. The standard InChI is InChI=1S/C17H16N4O6S/c18-15(22)14-12-4-2-1-3-5-13(12)28-17(14)19-16(23)9-6-10(20(24)25)8-11(7-9)21(26)27/h6-8H,1-5H2,(H2,18,22)(H,19,23). The zero-order valence-corrected chi connectivity index (χ0v) is 15.4. The van der Waals surface area contributed by atoms with Gasteiger partial charge in [-0.15, -0.1) is 11.3 Å². The van der Waals surface area contributed by atoms with Gasteiger partial charge in [0.15, 0.2) is 0 Å². The third kappa shape index (κ3) is 3.83. The van der Waals surface area contributed by atoms with Gasteiger partial charge in [-0.2, -0.15) is 0 Å². The molecule has 146 valence electrons. The van der Waals surface area contributed by atoms with Gasteiger partial charge in [0.1, 0.15) is 5.00 Å². The molecule has 0 bridgehead atoms. The number of aryl methyl sites for hydroxylation is 1. The zero-order chi connectivity index (χ0) is 20.4. The minimum atomic E-state index is -0.814. The number of non-ortho nitro benzene ring substituents is 2. The number of amides is 2. The molecule has 1 aromatic heterocycles. The normalized spacial score (nSPS) is 13.3. The van der Waals surface area contributed by atoms with Crippen LogP contribution in [0.1, 0.15) is 50.4 Å². The van der Waals surface area contributed by atoms with E-state index in [1.54, 1.807) is 0 Å². The van der Waals surface area contributed by atoms with E-state index in [1.165, 1.54) is 11.3 Å². The van der Waals surface area contributed by atoms with Gasteiger partial charge in [-0.25, -0.2) is 0 Å². The molecule has 0 radical (unpaired) electrons. The van der Waals surface area contributed by atoms with E-state index >= 15 is 0 Å². The van der Waals surface area contributed by atoms with Crippen molar-refractivity contribution in [2.45, 2.75) is 32.1 Å². The summed E-state index contributed by atoms with van der Waals surface area (Å²) < 4.78 is 0. The second-order valence-electron chi connectivity index (χ2n) is 6.34. The predicted octanol–water partition coefficient (Wildman–Crippen LogP) is 3.18. The van der Waals surface area contributed by atoms with Crippen molar-refractivity contribution >= 4 is 39.5 Å². The highest BCUT2D eigenvalue weighted by atomic mass is 32.1. The number of nitrogens with one attached hydrogen (secondary N) is 1. The van der Waals surface area contributed by atoms with E-state index < -0.39 is 33.0 Å². The lowest BCUT2D eigenvalue weighted by Gasteiger charge is -2.06. The van der Waals surface area contributed by atoms with E-state index in [2.05, 4.69) is 5.32 Å². The van der Waals surface area contributed by atoms with Gasteiger partial charge in [0, 0.05) is 17.0 Å². The van der Waals surface area contributed by atoms with Gasteiger partial charge in [-0.1, -0.05) is 6.42 Å². The van der Waals surface area contributed by atoms with Gasteiger partial charge < -0.3 is 11.1 Å². The minimum Gasteiger partial charge on any atom is -0.365 e. The number of nitro groups is 2. The number of anilines is 1. The number of thiophene rings is 1. The van der Waals surface area contributed by atoms with E-state index in [1.807, 2.05) is 0 Å². The Balaban J connectivity index is 1.99. The van der Waals surface area contributed by atoms with Crippen LogP contribution in [0.3, 0.4) is 0 Å². The number of hydrogen-bond acceptors (Lipinski definition) is 7. The summed E-state index contributed by atoms with van der Waals surface area (Å²) in [6.45, 7) is 0. The molecule has 2 amide bonds. The Bertz CT molecular complexity index is 968. The first-order valence-corrected chi connectivity index (χ1v) is 9.29. The first-order chi connectivity index (χ1) is 13.3. The molecule has 0 fully saturated rings. The molecule has 0 aliphatic heterocycles. The average molecular weight is 404 g/mol. The molecule has 2 aromatic rings. The van der Waals surface area contributed by atoms with Gasteiger partial charge in [0.05, 0.1) is 27.0 Å². The smallest absolute Gasteiger partial charge is 0.277 e. The largest absolute Gasteiger partial charge is 0.365 e. The Hall–Kier alpha value is -3.34. The van der Waals surface area contributed by atoms with Crippen LogP contribution in [0.2, 0.25) is 0 Å². The van der Waals surface area contributed by atoms with Gasteiger partial charge >= 0.3 is 0 Å². The summed E-state index contributed by atoms with van der Waals surface area (Å²) in [5.74, 6) is -1.45. The highest BCUT2D eigenvalue weighted by molar-refractivity contribution is 7.17. The third-order valence-corrected chi connectivity index (χ3v) is 5.69.